The van der Waals surface area contributed by atoms with Gasteiger partial charge in [0.25, 0.3) is 0 Å². The van der Waals surface area contributed by atoms with Gasteiger partial charge in [0.15, 0.2) is 11.7 Å². The van der Waals surface area contributed by atoms with E-state index in [1.807, 2.05) is 18.2 Å². The highest BCUT2D eigenvalue weighted by Gasteiger charge is 2.24. The average Bonchev–Trinajstić information content (AvgIpc) is 2.96. The molecule has 4 heteroatoms. The van der Waals surface area contributed by atoms with Gasteiger partial charge in [0.2, 0.25) is 0 Å². The number of carbonyl (C=O) groups excluding carboxylic acids is 1. The van der Waals surface area contributed by atoms with Crippen LogP contribution in [0.3, 0.4) is 0 Å². The third kappa shape index (κ3) is 2.20. The van der Waals surface area contributed by atoms with Crippen LogP contribution in [0.5, 0.6) is 0 Å². The molecule has 0 bridgehead atoms. The van der Waals surface area contributed by atoms with Gasteiger partial charge in [0.05, 0.1) is 25.0 Å². The molecular weight excluding hydrogens is 252 g/mol. The van der Waals surface area contributed by atoms with Crippen molar-refractivity contribution in [1.82, 2.24) is 4.98 Å². The van der Waals surface area contributed by atoms with Crippen LogP contribution in [0.25, 0.3) is 0 Å². The number of fused-ring (bicyclic) bond motifs is 1. The minimum absolute atomic E-state index is 0.221. The summed E-state index contributed by atoms with van der Waals surface area (Å²) in [7, 11) is 0. The van der Waals surface area contributed by atoms with Crippen LogP contribution in [0.15, 0.2) is 42.6 Å². The first kappa shape index (κ1) is 12.5. The predicted octanol–water partition coefficient (Wildman–Crippen LogP) is 2.60. The smallest absolute Gasteiger partial charge is 0.186 e. The molecule has 98 valence electrons. The van der Waals surface area contributed by atoms with Crippen molar-refractivity contribution in [2.75, 3.05) is 0 Å². The first-order valence-corrected chi connectivity index (χ1v) is 6.34. The molecule has 0 amide bonds. The standard InChI is InChI=1S/C16H12N2O2/c17-8-14(15-3-1-2-6-18-15)16(19)11-4-5-12-9-20-10-13(12)7-11/h1-7,14H,9-10H2/t14-/m1/s1. The summed E-state index contributed by atoms with van der Waals surface area (Å²) in [5.41, 5.74) is 3.14. The summed E-state index contributed by atoms with van der Waals surface area (Å²) in [5.74, 6) is -1.09. The monoisotopic (exact) mass is 264 g/mol. The minimum Gasteiger partial charge on any atom is -0.372 e. The summed E-state index contributed by atoms with van der Waals surface area (Å²) < 4.78 is 5.33. The van der Waals surface area contributed by atoms with Crippen molar-refractivity contribution in [3.63, 3.8) is 0 Å². The van der Waals surface area contributed by atoms with Gasteiger partial charge in [-0.25, -0.2) is 0 Å². The van der Waals surface area contributed by atoms with E-state index in [1.165, 1.54) is 0 Å². The van der Waals surface area contributed by atoms with Crippen molar-refractivity contribution >= 4 is 5.78 Å². The number of ether oxygens (including phenoxy) is 1. The maximum atomic E-state index is 12.5. The predicted molar refractivity (Wildman–Crippen MR) is 71.9 cm³/mol. The van der Waals surface area contributed by atoms with Crippen LogP contribution in [0, 0.1) is 11.3 Å². The fourth-order valence-corrected chi connectivity index (χ4v) is 2.30. The summed E-state index contributed by atoms with van der Waals surface area (Å²) in [6.45, 7) is 1.11. The van der Waals surface area contributed by atoms with Gasteiger partial charge in [-0.05, 0) is 29.3 Å². The van der Waals surface area contributed by atoms with Gasteiger partial charge >= 0.3 is 0 Å². The van der Waals surface area contributed by atoms with Crippen LogP contribution in [-0.4, -0.2) is 10.8 Å². The Kier molecular flexibility index (Phi) is 3.28. The Morgan fingerprint density at radius 1 is 1.25 bits per heavy atom. The summed E-state index contributed by atoms with van der Waals surface area (Å²) in [6.07, 6.45) is 1.59. The molecule has 1 aliphatic rings. The number of nitrogens with zero attached hydrogens (tertiary/aromatic N) is 2. The lowest BCUT2D eigenvalue weighted by molar-refractivity contribution is 0.0977. The first-order valence-electron chi connectivity index (χ1n) is 6.34. The third-order valence-corrected chi connectivity index (χ3v) is 3.38. The van der Waals surface area contributed by atoms with Gasteiger partial charge in [-0.3, -0.25) is 9.78 Å². The summed E-state index contributed by atoms with van der Waals surface area (Å²) >= 11 is 0. The molecule has 3 rings (SSSR count). The second-order valence-electron chi connectivity index (χ2n) is 4.66. The number of rotatable bonds is 3. The van der Waals surface area contributed by atoms with Gasteiger partial charge in [0.1, 0.15) is 0 Å². The number of Topliss-reactive ketones (excluding diaryl/α,β-unsaturated/α-hetero) is 1. The van der Waals surface area contributed by atoms with Crippen LogP contribution in [0.1, 0.15) is 33.1 Å². The lowest BCUT2D eigenvalue weighted by atomic mass is 9.93. The zero-order valence-corrected chi connectivity index (χ0v) is 10.7. The van der Waals surface area contributed by atoms with E-state index in [0.717, 1.165) is 11.1 Å². The zero-order valence-electron chi connectivity index (χ0n) is 10.7. The van der Waals surface area contributed by atoms with Crippen molar-refractivity contribution in [2.45, 2.75) is 19.1 Å². The van der Waals surface area contributed by atoms with Crippen LogP contribution in [-0.2, 0) is 18.0 Å². The SMILES string of the molecule is N#C[C@@H](C(=O)c1ccc2c(c1)COC2)c1ccccn1. The second-order valence-corrected chi connectivity index (χ2v) is 4.66. The topological polar surface area (TPSA) is 63.0 Å². The highest BCUT2D eigenvalue weighted by Crippen LogP contribution is 2.24. The fourth-order valence-electron chi connectivity index (χ4n) is 2.30. The van der Waals surface area contributed by atoms with E-state index in [4.69, 9.17) is 4.74 Å². The molecule has 2 heterocycles. The molecule has 0 spiro atoms. The fraction of sp³-hybridized carbons (Fsp3) is 0.188. The molecule has 1 aliphatic heterocycles. The minimum atomic E-state index is -0.864. The van der Waals surface area contributed by atoms with Gasteiger partial charge in [-0.2, -0.15) is 5.26 Å². The van der Waals surface area contributed by atoms with Crippen molar-refractivity contribution in [3.8, 4) is 6.07 Å². The first-order chi connectivity index (χ1) is 9.79. The molecule has 20 heavy (non-hydrogen) atoms. The Bertz CT molecular complexity index is 689. The van der Waals surface area contributed by atoms with Gasteiger partial charge in [0, 0.05) is 11.8 Å². The van der Waals surface area contributed by atoms with E-state index < -0.39 is 5.92 Å². The van der Waals surface area contributed by atoms with E-state index in [-0.39, 0.29) is 5.78 Å². The zero-order chi connectivity index (χ0) is 13.9. The van der Waals surface area contributed by atoms with E-state index in [2.05, 4.69) is 4.98 Å². The van der Waals surface area contributed by atoms with E-state index in [0.29, 0.717) is 24.5 Å². The average molecular weight is 264 g/mol. The highest BCUT2D eigenvalue weighted by atomic mass is 16.5. The summed E-state index contributed by atoms with van der Waals surface area (Å²) in [5, 5.41) is 9.27. The number of hydrogen-bond acceptors (Lipinski definition) is 4. The van der Waals surface area contributed by atoms with Crippen LogP contribution < -0.4 is 0 Å². The molecule has 0 saturated carbocycles. The van der Waals surface area contributed by atoms with E-state index >= 15 is 0 Å². The molecule has 0 fully saturated rings. The molecular formula is C16H12N2O2. The second kappa shape index (κ2) is 5.24. The van der Waals surface area contributed by atoms with Crippen LogP contribution in [0.2, 0.25) is 0 Å². The molecule has 2 aromatic rings. The normalized spacial score (nSPS) is 14.3. The summed E-state index contributed by atoms with van der Waals surface area (Å²) in [4.78, 5) is 16.6. The Labute approximate surface area is 116 Å². The largest absolute Gasteiger partial charge is 0.372 e. The van der Waals surface area contributed by atoms with Gasteiger partial charge < -0.3 is 4.74 Å². The molecule has 0 radical (unpaired) electrons. The number of benzene rings is 1. The van der Waals surface area contributed by atoms with Crippen LogP contribution >= 0.6 is 0 Å². The van der Waals surface area contributed by atoms with E-state index in [1.54, 1.807) is 30.5 Å². The van der Waals surface area contributed by atoms with Crippen molar-refractivity contribution in [3.05, 3.63) is 65.0 Å². The third-order valence-electron chi connectivity index (χ3n) is 3.38. The Morgan fingerprint density at radius 3 is 2.85 bits per heavy atom. The highest BCUT2D eigenvalue weighted by molar-refractivity contribution is 6.02. The van der Waals surface area contributed by atoms with Crippen molar-refractivity contribution < 1.29 is 9.53 Å². The lowest BCUT2D eigenvalue weighted by Crippen LogP contribution is -2.13. The lowest BCUT2D eigenvalue weighted by Gasteiger charge is -2.08. The summed E-state index contributed by atoms with van der Waals surface area (Å²) in [6, 6.07) is 12.7. The van der Waals surface area contributed by atoms with Gasteiger partial charge in [-0.15, -0.1) is 0 Å². The van der Waals surface area contributed by atoms with Crippen molar-refractivity contribution in [2.24, 2.45) is 0 Å². The molecule has 1 aromatic heterocycles. The number of hydrogen-bond donors (Lipinski definition) is 0. The van der Waals surface area contributed by atoms with Crippen LogP contribution in [0.4, 0.5) is 0 Å². The molecule has 0 saturated heterocycles. The van der Waals surface area contributed by atoms with E-state index in [9.17, 15) is 10.1 Å². The Hall–Kier alpha value is -2.51. The molecule has 0 aliphatic carbocycles. The number of ketones is 1. The maximum absolute atomic E-state index is 12.5. The molecule has 4 nitrogen and oxygen atoms in total. The van der Waals surface area contributed by atoms with Gasteiger partial charge in [-0.1, -0.05) is 18.2 Å². The molecule has 1 aromatic carbocycles. The number of aromatic nitrogens is 1. The number of pyridine rings is 1. The maximum Gasteiger partial charge on any atom is 0.186 e. The Balaban J connectivity index is 1.94. The Morgan fingerprint density at radius 2 is 2.10 bits per heavy atom. The molecule has 0 unspecified atom stereocenters. The number of nitriles is 1. The van der Waals surface area contributed by atoms with Crippen molar-refractivity contribution in [1.29, 1.82) is 5.26 Å². The molecule has 0 N–H and O–H groups in total. The molecule has 1 atom stereocenters. The number of carbonyl (C=O) groups is 1. The quantitative estimate of drug-likeness (QED) is 0.799.